The maximum absolute atomic E-state index is 13.7. The zero-order valence-corrected chi connectivity index (χ0v) is 52.3. The van der Waals surface area contributed by atoms with Crippen LogP contribution < -0.4 is 46.6 Å². The van der Waals surface area contributed by atoms with Crippen LogP contribution in [0.5, 0.6) is 0 Å². The second kappa shape index (κ2) is 35.9. The highest BCUT2D eigenvalue weighted by molar-refractivity contribution is 6.00. The van der Waals surface area contributed by atoms with E-state index in [1.165, 1.54) is 72.8 Å². The number of hydrogen-bond acceptors (Lipinski definition) is 21. The number of nitrogens with one attached hydrogen (secondary N) is 6. The number of aliphatic hydroxyl groups is 3. The molecule has 6 heterocycles. The molecule has 12 rings (SSSR count). The van der Waals surface area contributed by atoms with Gasteiger partial charge in [-0.3, -0.25) is 29.3 Å². The molecule has 9 aromatic rings. The molecule has 98 heavy (non-hydrogen) atoms. The number of nitrogens with zero attached hydrogens (tertiary/aromatic N) is 9. The topological polar surface area (TPSA) is 299 Å². The molecule has 0 saturated carbocycles. The average molecular weight is 1360 g/mol. The molecule has 9 N–H and O–H groups in total. The molecule has 3 unspecified atom stereocenters. The zero-order chi connectivity index (χ0) is 78.3. The van der Waals surface area contributed by atoms with Crippen molar-refractivity contribution in [3.63, 3.8) is 0 Å². The second-order valence-corrected chi connectivity index (χ2v) is 22.0. The van der Waals surface area contributed by atoms with Crippen molar-refractivity contribution in [2.75, 3.05) is 149 Å². The Balaban J connectivity index is 0.000000206. The predicted octanol–water partition coefficient (Wildman–Crippen LogP) is 8.77. The summed E-state index contributed by atoms with van der Waals surface area (Å²) in [6.07, 6.45) is 4.74. The van der Waals surface area contributed by atoms with Crippen LogP contribution in [0.2, 0.25) is 0 Å². The van der Waals surface area contributed by atoms with E-state index in [0.29, 0.717) is 163 Å². The maximum Gasteiger partial charge on any atom is 0.251 e. The van der Waals surface area contributed by atoms with E-state index in [2.05, 4.69) is 30.9 Å². The smallest absolute Gasteiger partial charge is 0.251 e. The number of rotatable bonds is 21. The number of ether oxygens (including phenoxy) is 3. The van der Waals surface area contributed by atoms with Crippen LogP contribution in [0, 0.1) is 17.5 Å². The van der Waals surface area contributed by atoms with Crippen LogP contribution in [0.3, 0.4) is 0 Å². The molecule has 3 saturated heterocycles. The molecule has 3 amide bonds. The van der Waals surface area contributed by atoms with E-state index in [1.807, 2.05) is 30.7 Å². The Bertz CT molecular complexity index is 4270. The molecule has 0 bridgehead atoms. The third-order valence-electron chi connectivity index (χ3n) is 15.5. The molecule has 24 nitrogen and oxygen atoms in total. The molecule has 0 radical (unpaired) electrons. The van der Waals surface area contributed by atoms with Gasteiger partial charge in [-0.25, -0.2) is 28.1 Å². The van der Waals surface area contributed by atoms with Gasteiger partial charge in [-0.15, -0.1) is 0 Å². The number of halogens is 3. The summed E-state index contributed by atoms with van der Waals surface area (Å²) >= 11 is 0. The first-order valence-electron chi connectivity index (χ1n) is 36.4. The van der Waals surface area contributed by atoms with Crippen LogP contribution in [0.1, 0.15) is 118 Å². The molecular weight excluding hydrogens is 1260 g/mol. The number of hydrogen-bond donors (Lipinski definition) is 9. The minimum Gasteiger partial charge on any atom is -0.395 e. The fourth-order valence-corrected chi connectivity index (χ4v) is 10.8. The SMILES string of the molecule is C.C.[2H]C([2H])(O)C([2H])([2H])NC(=O)c1cc(C(C)Nc2cccc(F)c2)c2nc(N3CCOCC3)cnc2c1.[2H]C([2H])(O)C([2H])([2H])NC(=O)c1cc(C(C)Nc2cccc(F)c2)c2nc(N3CCOCC3)cnc2c1.[2H]C([2H])(O)C([2H])([2H])NC(=O)c1cc(C(C)Nc2cccc(F)c2)c2nc(N3CCOCC3)cnc2c1. The molecule has 6 aromatic carbocycles. The lowest BCUT2D eigenvalue weighted by atomic mass is 10.0. The van der Waals surface area contributed by atoms with Gasteiger partial charge in [-0.1, -0.05) is 33.1 Å². The Hall–Kier alpha value is -9.90. The van der Waals surface area contributed by atoms with Gasteiger partial charge in [0.2, 0.25) is 0 Å². The van der Waals surface area contributed by atoms with Crippen LogP contribution >= 0.6 is 0 Å². The number of amides is 3. The average Bonchev–Trinajstić information content (AvgIpc) is 0.782. The molecule has 3 atom stereocenters. The van der Waals surface area contributed by atoms with Gasteiger partial charge in [-0.05, 0) is 112 Å². The Kier molecular flexibility index (Phi) is 21.3. The Morgan fingerprint density at radius 1 is 0.449 bits per heavy atom. The molecule has 0 spiro atoms. The number of fused-ring (bicyclic) bond motifs is 3. The van der Waals surface area contributed by atoms with Crippen molar-refractivity contribution in [2.45, 2.75) is 53.8 Å². The van der Waals surface area contributed by atoms with Gasteiger partial charge in [0.1, 0.15) is 34.9 Å². The van der Waals surface area contributed by atoms with Crippen molar-refractivity contribution in [2.24, 2.45) is 0 Å². The minimum absolute atomic E-state index is 0. The maximum atomic E-state index is 13.7. The largest absolute Gasteiger partial charge is 0.395 e. The second-order valence-electron chi connectivity index (χ2n) is 22.0. The lowest BCUT2D eigenvalue weighted by Gasteiger charge is -2.28. The minimum atomic E-state index is -3.30. The number of benzene rings is 6. The molecule has 27 heteroatoms. The number of carbonyl (C=O) groups is 3. The monoisotopic (exact) mass is 1360 g/mol. The molecule has 3 fully saturated rings. The van der Waals surface area contributed by atoms with E-state index < -0.39 is 92.5 Å². The lowest BCUT2D eigenvalue weighted by Crippen LogP contribution is -2.36. The Morgan fingerprint density at radius 3 is 0.959 bits per heavy atom. The number of anilines is 6. The summed E-state index contributed by atoms with van der Waals surface area (Å²) in [4.78, 5) is 72.5. The fraction of sp³-hybridized carbons (Fsp3) is 0.366. The highest BCUT2D eigenvalue weighted by atomic mass is 19.1. The molecular formula is C71H86F3N15O9. The normalized spacial score (nSPS) is 17.3. The third-order valence-corrected chi connectivity index (χ3v) is 15.5. The van der Waals surface area contributed by atoms with Crippen molar-refractivity contribution < 1.29 is 73.5 Å². The van der Waals surface area contributed by atoms with Gasteiger partial charge >= 0.3 is 0 Å². The van der Waals surface area contributed by atoms with Gasteiger partial charge in [0.25, 0.3) is 17.7 Å². The summed E-state index contributed by atoms with van der Waals surface area (Å²) in [5, 5.41) is 43.6. The van der Waals surface area contributed by atoms with E-state index in [1.54, 1.807) is 75.8 Å². The van der Waals surface area contributed by atoms with Crippen LogP contribution in [-0.4, -0.2) is 181 Å². The summed E-state index contributed by atoms with van der Waals surface area (Å²) in [7, 11) is 0. The van der Waals surface area contributed by atoms with Crippen molar-refractivity contribution in [1.29, 1.82) is 0 Å². The standard InChI is InChI=1S/3C23H26FN5O3.2CH4/c3*1-15(27-18-4-2-3-17(24)13-18)19-11-16(23(31)25-5-8-30)12-20-22(19)28-21(14-26-20)29-6-9-32-10-7-29;;/h3*2-4,11-15,27,30H,5-10H2,1H3,(H,25,31);2*1H4/i3*5D2,8D2;;. The first-order chi connectivity index (χ1) is 50.8. The number of morpholine rings is 3. The van der Waals surface area contributed by atoms with Crippen LogP contribution in [0.25, 0.3) is 33.1 Å². The molecule has 3 aromatic heterocycles. The van der Waals surface area contributed by atoms with Crippen LogP contribution in [0.4, 0.5) is 47.7 Å². The van der Waals surface area contributed by atoms with E-state index in [0.717, 1.165) is 0 Å². The van der Waals surface area contributed by atoms with Crippen LogP contribution in [0.15, 0.2) is 128 Å². The van der Waals surface area contributed by atoms with Crippen molar-refractivity contribution >= 4 is 85.3 Å². The summed E-state index contributed by atoms with van der Waals surface area (Å²) < 4.78 is 147. The summed E-state index contributed by atoms with van der Waals surface area (Å²) in [5.74, 6) is -2.19. The Labute approximate surface area is 584 Å². The quantitative estimate of drug-likeness (QED) is 0.0325. The number of aromatic nitrogens is 6. The molecule has 3 aliphatic rings. The summed E-state index contributed by atoms with van der Waals surface area (Å²) in [5.41, 5.74) is 5.66. The van der Waals surface area contributed by atoms with Crippen molar-refractivity contribution in [3.05, 3.63) is 179 Å². The van der Waals surface area contributed by atoms with Gasteiger partial charge in [0.05, 0.1) is 146 Å². The number of carbonyl (C=O) groups excluding carboxylic acids is 3. The zero-order valence-electron chi connectivity index (χ0n) is 64.3. The van der Waals surface area contributed by atoms with E-state index >= 15 is 0 Å². The molecule has 520 valence electrons. The first-order valence-corrected chi connectivity index (χ1v) is 30.4. The Morgan fingerprint density at radius 2 is 0.714 bits per heavy atom. The third kappa shape index (κ3) is 19.4. The summed E-state index contributed by atoms with van der Waals surface area (Å²) in [6, 6.07) is 25.1. The fourth-order valence-electron chi connectivity index (χ4n) is 10.8. The predicted molar refractivity (Wildman–Crippen MR) is 375 cm³/mol. The van der Waals surface area contributed by atoms with E-state index in [-0.39, 0.29) is 31.5 Å². The molecule has 3 aliphatic heterocycles. The van der Waals surface area contributed by atoms with E-state index in [9.17, 15) is 42.9 Å². The highest BCUT2D eigenvalue weighted by Crippen LogP contribution is 2.33. The van der Waals surface area contributed by atoms with E-state index in [4.69, 9.17) is 45.6 Å². The molecule has 0 aliphatic carbocycles. The highest BCUT2D eigenvalue weighted by Gasteiger charge is 2.24. The van der Waals surface area contributed by atoms with Crippen molar-refractivity contribution in [1.82, 2.24) is 45.9 Å². The lowest BCUT2D eigenvalue weighted by molar-refractivity contribution is 0.0937. The first kappa shape index (κ1) is 58.3. The van der Waals surface area contributed by atoms with Gasteiger partial charge in [-0.2, -0.15) is 0 Å². The van der Waals surface area contributed by atoms with Crippen LogP contribution in [-0.2, 0) is 14.2 Å². The summed E-state index contributed by atoms with van der Waals surface area (Å²) in [6.45, 7) is -6.42. The van der Waals surface area contributed by atoms with Gasteiger partial charge in [0, 0.05) is 109 Å². The van der Waals surface area contributed by atoms with Crippen molar-refractivity contribution in [3.8, 4) is 0 Å². The van der Waals surface area contributed by atoms with Gasteiger partial charge < -0.3 is 76.1 Å². The van der Waals surface area contributed by atoms with Gasteiger partial charge in [0.15, 0.2) is 0 Å².